The van der Waals surface area contributed by atoms with E-state index in [0.717, 1.165) is 6.42 Å². The lowest BCUT2D eigenvalue weighted by molar-refractivity contribution is -0.124. The Hall–Kier alpha value is -0.300. The van der Waals surface area contributed by atoms with Gasteiger partial charge in [0.15, 0.2) is 9.84 Å². The molecule has 0 rings (SSSR count). The normalized spacial score (nSPS) is 15.1. The number of nitrogens with one attached hydrogen (secondary N) is 1. The van der Waals surface area contributed by atoms with E-state index in [0.29, 0.717) is 0 Å². The number of alkyl halides is 3. The van der Waals surface area contributed by atoms with Crippen molar-refractivity contribution in [3.8, 4) is 0 Å². The standard InChI is InChI=1S/C9H18F3NO2S/c1-3-8(2)6-16(14,15)5-4-13-7-9(10,11)12/h8,13H,3-7H2,1-2H3. The number of sulfone groups is 1. The Kier molecular flexibility index (Phi) is 6.32. The first kappa shape index (κ1) is 15.7. The molecule has 0 saturated carbocycles. The minimum Gasteiger partial charge on any atom is -0.308 e. The van der Waals surface area contributed by atoms with Crippen LogP contribution in [-0.2, 0) is 9.84 Å². The Bertz CT molecular complexity index is 288. The summed E-state index contributed by atoms with van der Waals surface area (Å²) >= 11 is 0. The van der Waals surface area contributed by atoms with Crippen LogP contribution in [0, 0.1) is 5.92 Å². The molecule has 0 aliphatic heterocycles. The van der Waals surface area contributed by atoms with Crippen molar-refractivity contribution < 1.29 is 21.6 Å². The molecular weight excluding hydrogens is 243 g/mol. The predicted molar refractivity (Wildman–Crippen MR) is 57.0 cm³/mol. The average molecular weight is 261 g/mol. The van der Waals surface area contributed by atoms with Crippen molar-refractivity contribution in [1.29, 1.82) is 0 Å². The summed E-state index contributed by atoms with van der Waals surface area (Å²) in [6, 6.07) is 0. The SMILES string of the molecule is CCC(C)CS(=O)(=O)CCNCC(F)(F)F. The van der Waals surface area contributed by atoms with E-state index in [1.807, 2.05) is 6.92 Å². The Morgan fingerprint density at radius 1 is 1.31 bits per heavy atom. The van der Waals surface area contributed by atoms with Crippen LogP contribution in [-0.4, -0.2) is 39.2 Å². The van der Waals surface area contributed by atoms with E-state index in [9.17, 15) is 21.6 Å². The fourth-order valence-corrected chi connectivity index (χ4v) is 2.82. The van der Waals surface area contributed by atoms with E-state index in [1.165, 1.54) is 0 Å². The Morgan fingerprint density at radius 2 is 1.88 bits per heavy atom. The second-order valence-corrected chi connectivity index (χ2v) is 6.15. The summed E-state index contributed by atoms with van der Waals surface area (Å²) in [4.78, 5) is 0. The summed E-state index contributed by atoms with van der Waals surface area (Å²) in [5, 5.41) is 2.07. The van der Waals surface area contributed by atoms with Crippen LogP contribution in [0.4, 0.5) is 13.2 Å². The van der Waals surface area contributed by atoms with E-state index >= 15 is 0 Å². The topological polar surface area (TPSA) is 46.2 Å². The van der Waals surface area contributed by atoms with Crippen LogP contribution in [0.5, 0.6) is 0 Å². The number of hydrogen-bond acceptors (Lipinski definition) is 3. The molecule has 0 aromatic rings. The van der Waals surface area contributed by atoms with Crippen molar-refractivity contribution in [2.24, 2.45) is 5.92 Å². The third kappa shape index (κ3) is 8.96. The molecule has 16 heavy (non-hydrogen) atoms. The zero-order valence-electron chi connectivity index (χ0n) is 9.47. The quantitative estimate of drug-likeness (QED) is 0.708. The van der Waals surface area contributed by atoms with Crippen LogP contribution in [0.3, 0.4) is 0 Å². The molecule has 0 spiro atoms. The van der Waals surface area contributed by atoms with Crippen molar-refractivity contribution in [3.05, 3.63) is 0 Å². The Morgan fingerprint density at radius 3 is 2.31 bits per heavy atom. The molecule has 0 amide bonds. The summed E-state index contributed by atoms with van der Waals surface area (Å²) in [6.07, 6.45) is -3.55. The summed E-state index contributed by atoms with van der Waals surface area (Å²) in [5.41, 5.74) is 0. The first-order valence-electron chi connectivity index (χ1n) is 5.14. The fourth-order valence-electron chi connectivity index (χ4n) is 1.09. The molecule has 0 fully saturated rings. The zero-order chi connectivity index (χ0) is 12.8. The zero-order valence-corrected chi connectivity index (χ0v) is 10.3. The van der Waals surface area contributed by atoms with Gasteiger partial charge in [-0.25, -0.2) is 8.42 Å². The molecule has 7 heteroatoms. The van der Waals surface area contributed by atoms with E-state index < -0.39 is 22.6 Å². The molecule has 0 radical (unpaired) electrons. The third-order valence-corrected chi connectivity index (χ3v) is 4.05. The maximum atomic E-state index is 11.7. The Balaban J connectivity index is 3.84. The monoisotopic (exact) mass is 261 g/mol. The summed E-state index contributed by atoms with van der Waals surface area (Å²) in [6.45, 7) is 2.38. The van der Waals surface area contributed by atoms with Crippen molar-refractivity contribution >= 4 is 9.84 Å². The summed E-state index contributed by atoms with van der Waals surface area (Å²) in [5.74, 6) is -0.155. The van der Waals surface area contributed by atoms with Gasteiger partial charge in [-0.15, -0.1) is 0 Å². The molecule has 0 aliphatic carbocycles. The molecule has 0 aromatic carbocycles. The van der Waals surface area contributed by atoms with Gasteiger partial charge in [0.1, 0.15) is 0 Å². The van der Waals surface area contributed by atoms with E-state index in [1.54, 1.807) is 6.92 Å². The van der Waals surface area contributed by atoms with Gasteiger partial charge in [0.25, 0.3) is 0 Å². The van der Waals surface area contributed by atoms with Gasteiger partial charge >= 0.3 is 6.18 Å². The number of halogens is 3. The largest absolute Gasteiger partial charge is 0.401 e. The molecule has 0 bridgehead atoms. The highest BCUT2D eigenvalue weighted by Crippen LogP contribution is 2.12. The smallest absolute Gasteiger partial charge is 0.308 e. The van der Waals surface area contributed by atoms with Gasteiger partial charge < -0.3 is 5.32 Å². The van der Waals surface area contributed by atoms with Gasteiger partial charge in [-0.3, -0.25) is 0 Å². The van der Waals surface area contributed by atoms with Crippen molar-refractivity contribution in [1.82, 2.24) is 5.32 Å². The predicted octanol–water partition coefficient (Wildman–Crippen LogP) is 1.60. The van der Waals surface area contributed by atoms with Gasteiger partial charge in [-0.1, -0.05) is 20.3 Å². The van der Waals surface area contributed by atoms with Gasteiger partial charge in [0.2, 0.25) is 0 Å². The van der Waals surface area contributed by atoms with Crippen LogP contribution in [0.15, 0.2) is 0 Å². The lowest BCUT2D eigenvalue weighted by Gasteiger charge is -2.11. The minimum atomic E-state index is -4.29. The van der Waals surface area contributed by atoms with Crippen LogP contribution in [0.2, 0.25) is 0 Å². The van der Waals surface area contributed by atoms with Gasteiger partial charge in [-0.05, 0) is 5.92 Å². The molecule has 0 aromatic heterocycles. The van der Waals surface area contributed by atoms with E-state index in [2.05, 4.69) is 5.32 Å². The highest BCUT2D eigenvalue weighted by molar-refractivity contribution is 7.91. The molecule has 0 aliphatic rings. The molecule has 1 N–H and O–H groups in total. The third-order valence-electron chi connectivity index (χ3n) is 2.15. The summed E-state index contributed by atoms with van der Waals surface area (Å²) < 4.78 is 58.0. The molecule has 0 heterocycles. The van der Waals surface area contributed by atoms with Crippen molar-refractivity contribution in [2.45, 2.75) is 26.4 Å². The van der Waals surface area contributed by atoms with Crippen LogP contribution < -0.4 is 5.32 Å². The lowest BCUT2D eigenvalue weighted by atomic mass is 10.2. The van der Waals surface area contributed by atoms with Crippen LogP contribution >= 0.6 is 0 Å². The van der Waals surface area contributed by atoms with E-state index in [4.69, 9.17) is 0 Å². The molecule has 0 saturated heterocycles. The first-order valence-corrected chi connectivity index (χ1v) is 6.96. The number of hydrogen-bond donors (Lipinski definition) is 1. The molecular formula is C9H18F3NO2S. The lowest BCUT2D eigenvalue weighted by Crippen LogP contribution is -2.33. The van der Waals surface area contributed by atoms with E-state index in [-0.39, 0.29) is 24.0 Å². The maximum absolute atomic E-state index is 11.7. The highest BCUT2D eigenvalue weighted by atomic mass is 32.2. The number of rotatable bonds is 7. The summed E-state index contributed by atoms with van der Waals surface area (Å²) in [7, 11) is -3.24. The molecule has 98 valence electrons. The first-order chi connectivity index (χ1) is 7.16. The van der Waals surface area contributed by atoms with Crippen LogP contribution in [0.1, 0.15) is 20.3 Å². The van der Waals surface area contributed by atoms with Gasteiger partial charge in [0.05, 0.1) is 18.1 Å². The van der Waals surface area contributed by atoms with Gasteiger partial charge in [0, 0.05) is 6.54 Å². The van der Waals surface area contributed by atoms with Crippen LogP contribution in [0.25, 0.3) is 0 Å². The molecule has 1 atom stereocenters. The highest BCUT2D eigenvalue weighted by Gasteiger charge is 2.26. The second-order valence-electron chi connectivity index (χ2n) is 3.92. The van der Waals surface area contributed by atoms with Gasteiger partial charge in [-0.2, -0.15) is 13.2 Å². The van der Waals surface area contributed by atoms with Crippen molar-refractivity contribution in [3.63, 3.8) is 0 Å². The van der Waals surface area contributed by atoms with Crippen molar-refractivity contribution in [2.75, 3.05) is 24.6 Å². The molecule has 3 nitrogen and oxygen atoms in total. The average Bonchev–Trinajstić information content (AvgIpc) is 2.10. The second kappa shape index (κ2) is 6.44. The molecule has 1 unspecified atom stereocenters. The minimum absolute atomic E-state index is 0.0389. The Labute approximate surface area is 94.3 Å². The fraction of sp³-hybridized carbons (Fsp3) is 1.00. The maximum Gasteiger partial charge on any atom is 0.401 e.